The Balaban J connectivity index is 1.60. The van der Waals surface area contributed by atoms with E-state index in [-0.39, 0.29) is 0 Å². The predicted molar refractivity (Wildman–Crippen MR) is 134 cm³/mol. The number of ether oxygens (including phenoxy) is 1. The fourth-order valence-corrected chi connectivity index (χ4v) is 5.46. The molecule has 0 radical (unpaired) electrons. The minimum atomic E-state index is 0.405. The normalized spacial score (nSPS) is 17.0. The molecule has 1 aliphatic heterocycles. The molecule has 1 aliphatic rings. The van der Waals surface area contributed by atoms with Crippen molar-refractivity contribution in [1.29, 1.82) is 0 Å². The maximum absolute atomic E-state index is 5.70. The van der Waals surface area contributed by atoms with E-state index in [1.54, 1.807) is 0 Å². The lowest BCUT2D eigenvalue weighted by Crippen LogP contribution is -2.40. The zero-order valence-electron chi connectivity index (χ0n) is 19.1. The van der Waals surface area contributed by atoms with Gasteiger partial charge in [-0.25, -0.2) is 0 Å². The number of morpholine rings is 1. The quantitative estimate of drug-likeness (QED) is 0.302. The van der Waals surface area contributed by atoms with Gasteiger partial charge in [-0.15, -0.1) is 0 Å². The number of aromatic nitrogens is 1. The van der Waals surface area contributed by atoms with E-state index in [0.717, 1.165) is 32.7 Å². The van der Waals surface area contributed by atoms with Crippen LogP contribution in [-0.4, -0.2) is 35.8 Å². The Kier molecular flexibility index (Phi) is 6.56. The van der Waals surface area contributed by atoms with Crippen molar-refractivity contribution in [2.75, 3.05) is 26.3 Å². The maximum Gasteiger partial charge on any atom is 0.0594 e. The SMILES string of the molecule is CCCC[C@@H](C[C@H](c1ccccc1)N1CCOCC1)n1c2ccccc2c2ccccc21. The first-order chi connectivity index (χ1) is 15.9. The van der Waals surface area contributed by atoms with E-state index in [4.69, 9.17) is 4.74 Å². The third-order valence-electron chi connectivity index (χ3n) is 7.04. The van der Waals surface area contributed by atoms with Gasteiger partial charge in [-0.05, 0) is 30.5 Å². The zero-order valence-corrected chi connectivity index (χ0v) is 19.1. The molecular formula is C29H34N2O. The molecule has 0 spiro atoms. The van der Waals surface area contributed by atoms with Gasteiger partial charge in [-0.3, -0.25) is 4.90 Å². The summed E-state index contributed by atoms with van der Waals surface area (Å²) >= 11 is 0. The van der Waals surface area contributed by atoms with Crippen LogP contribution in [0.25, 0.3) is 21.8 Å². The molecule has 2 heterocycles. The fourth-order valence-electron chi connectivity index (χ4n) is 5.46. The van der Waals surface area contributed by atoms with Gasteiger partial charge in [0, 0.05) is 47.0 Å². The summed E-state index contributed by atoms with van der Waals surface area (Å²) in [4.78, 5) is 2.64. The van der Waals surface area contributed by atoms with Crippen LogP contribution in [0.1, 0.15) is 50.3 Å². The Morgan fingerprint density at radius 2 is 1.38 bits per heavy atom. The van der Waals surface area contributed by atoms with Crippen molar-refractivity contribution in [3.05, 3.63) is 84.4 Å². The Morgan fingerprint density at radius 1 is 0.781 bits per heavy atom. The molecule has 32 heavy (non-hydrogen) atoms. The second kappa shape index (κ2) is 9.89. The van der Waals surface area contributed by atoms with Crippen LogP contribution in [0.2, 0.25) is 0 Å². The molecule has 3 nitrogen and oxygen atoms in total. The number of rotatable bonds is 8. The van der Waals surface area contributed by atoms with Gasteiger partial charge in [-0.2, -0.15) is 0 Å². The highest BCUT2D eigenvalue weighted by Gasteiger charge is 2.28. The lowest BCUT2D eigenvalue weighted by Gasteiger charge is -2.37. The first kappa shape index (κ1) is 21.2. The molecule has 0 bridgehead atoms. The number of hydrogen-bond donors (Lipinski definition) is 0. The number of para-hydroxylation sites is 2. The van der Waals surface area contributed by atoms with E-state index >= 15 is 0 Å². The van der Waals surface area contributed by atoms with Gasteiger partial charge in [0.15, 0.2) is 0 Å². The van der Waals surface area contributed by atoms with Crippen molar-refractivity contribution < 1.29 is 4.74 Å². The summed E-state index contributed by atoms with van der Waals surface area (Å²) in [6.45, 7) is 5.98. The third-order valence-corrected chi connectivity index (χ3v) is 7.04. The van der Waals surface area contributed by atoms with Gasteiger partial charge >= 0.3 is 0 Å². The van der Waals surface area contributed by atoms with Crippen molar-refractivity contribution in [2.45, 2.75) is 44.7 Å². The van der Waals surface area contributed by atoms with Crippen molar-refractivity contribution in [2.24, 2.45) is 0 Å². The molecule has 3 heteroatoms. The van der Waals surface area contributed by atoms with Crippen LogP contribution in [-0.2, 0) is 4.74 Å². The molecule has 166 valence electrons. The summed E-state index contributed by atoms with van der Waals surface area (Å²) in [6.07, 6.45) is 4.79. The van der Waals surface area contributed by atoms with E-state index in [0.29, 0.717) is 12.1 Å². The summed E-state index contributed by atoms with van der Waals surface area (Å²) in [5.74, 6) is 0. The van der Waals surface area contributed by atoms with Crippen LogP contribution in [0.3, 0.4) is 0 Å². The van der Waals surface area contributed by atoms with E-state index in [1.807, 2.05) is 0 Å². The average molecular weight is 427 g/mol. The summed E-state index contributed by atoms with van der Waals surface area (Å²) in [6, 6.07) is 29.8. The number of unbranched alkanes of at least 4 members (excludes halogenated alkanes) is 1. The summed E-state index contributed by atoms with van der Waals surface area (Å²) < 4.78 is 8.35. The minimum absolute atomic E-state index is 0.405. The Morgan fingerprint density at radius 3 is 2.00 bits per heavy atom. The topological polar surface area (TPSA) is 17.4 Å². The molecule has 0 unspecified atom stereocenters. The van der Waals surface area contributed by atoms with Crippen molar-refractivity contribution in [3.8, 4) is 0 Å². The summed E-state index contributed by atoms with van der Waals surface area (Å²) in [5, 5.41) is 2.74. The van der Waals surface area contributed by atoms with Crippen LogP contribution in [0.5, 0.6) is 0 Å². The van der Waals surface area contributed by atoms with Gasteiger partial charge in [0.2, 0.25) is 0 Å². The average Bonchev–Trinajstić information content (AvgIpc) is 3.20. The van der Waals surface area contributed by atoms with Crippen LogP contribution in [0.4, 0.5) is 0 Å². The monoisotopic (exact) mass is 426 g/mol. The molecule has 0 amide bonds. The second-order valence-electron chi connectivity index (χ2n) is 9.01. The lowest BCUT2D eigenvalue weighted by atomic mass is 9.94. The Bertz CT molecular complexity index is 1090. The largest absolute Gasteiger partial charge is 0.379 e. The fraction of sp³-hybridized carbons (Fsp3) is 0.379. The van der Waals surface area contributed by atoms with Crippen molar-refractivity contribution in [3.63, 3.8) is 0 Å². The second-order valence-corrected chi connectivity index (χ2v) is 9.01. The van der Waals surface area contributed by atoms with Gasteiger partial charge < -0.3 is 9.30 Å². The molecule has 3 aromatic carbocycles. The highest BCUT2D eigenvalue weighted by molar-refractivity contribution is 6.08. The van der Waals surface area contributed by atoms with Gasteiger partial charge in [0.1, 0.15) is 0 Å². The zero-order chi connectivity index (χ0) is 21.8. The first-order valence-electron chi connectivity index (χ1n) is 12.2. The van der Waals surface area contributed by atoms with Crippen LogP contribution in [0.15, 0.2) is 78.9 Å². The number of benzene rings is 3. The van der Waals surface area contributed by atoms with Gasteiger partial charge in [0.05, 0.1) is 13.2 Å². The molecule has 4 aromatic rings. The van der Waals surface area contributed by atoms with E-state index in [1.165, 1.54) is 46.6 Å². The van der Waals surface area contributed by atoms with Gasteiger partial charge in [-0.1, -0.05) is 86.5 Å². The van der Waals surface area contributed by atoms with E-state index in [2.05, 4.69) is 95.3 Å². The van der Waals surface area contributed by atoms with Crippen LogP contribution in [0, 0.1) is 0 Å². The minimum Gasteiger partial charge on any atom is -0.379 e. The molecule has 2 atom stereocenters. The standard InChI is InChI=1S/C29H34N2O/c1-2-3-13-24(22-29(23-11-5-4-6-12-23)30-18-20-32-21-19-30)31-27-16-9-7-14-25(27)26-15-8-10-17-28(26)31/h4-12,14-17,24,29H,2-3,13,18-22H2,1H3/t24-,29+/m0/s1. The molecule has 0 saturated carbocycles. The highest BCUT2D eigenvalue weighted by atomic mass is 16.5. The molecule has 1 saturated heterocycles. The predicted octanol–water partition coefficient (Wildman–Crippen LogP) is 6.99. The number of hydrogen-bond acceptors (Lipinski definition) is 2. The molecule has 0 N–H and O–H groups in total. The molecule has 0 aliphatic carbocycles. The highest BCUT2D eigenvalue weighted by Crippen LogP contribution is 2.39. The van der Waals surface area contributed by atoms with E-state index < -0.39 is 0 Å². The molecule has 5 rings (SSSR count). The lowest BCUT2D eigenvalue weighted by molar-refractivity contribution is 0.0109. The third kappa shape index (κ3) is 4.20. The van der Waals surface area contributed by atoms with Crippen molar-refractivity contribution >= 4 is 21.8 Å². The molecule has 1 fully saturated rings. The van der Waals surface area contributed by atoms with Crippen LogP contribution >= 0.6 is 0 Å². The molecule has 1 aromatic heterocycles. The summed E-state index contributed by atoms with van der Waals surface area (Å²) in [5.41, 5.74) is 4.16. The molecular weight excluding hydrogens is 392 g/mol. The Labute approximate surface area is 191 Å². The smallest absolute Gasteiger partial charge is 0.0594 e. The number of fused-ring (bicyclic) bond motifs is 3. The van der Waals surface area contributed by atoms with Crippen LogP contribution < -0.4 is 0 Å². The number of nitrogens with zero attached hydrogens (tertiary/aromatic N) is 2. The van der Waals surface area contributed by atoms with Gasteiger partial charge in [0.25, 0.3) is 0 Å². The maximum atomic E-state index is 5.70. The van der Waals surface area contributed by atoms with E-state index in [9.17, 15) is 0 Å². The summed E-state index contributed by atoms with van der Waals surface area (Å²) in [7, 11) is 0. The Hall–Kier alpha value is -2.62. The first-order valence-corrected chi connectivity index (χ1v) is 12.2. The van der Waals surface area contributed by atoms with Crippen molar-refractivity contribution in [1.82, 2.24) is 9.47 Å².